The van der Waals surface area contributed by atoms with Gasteiger partial charge in [-0.1, -0.05) is 40.0 Å². The van der Waals surface area contributed by atoms with Crippen molar-refractivity contribution in [3.05, 3.63) is 24.3 Å². The Hall–Kier alpha value is -1.67. The normalized spacial score (nSPS) is 38.5. The number of carbonyl (C=O) groups is 1. The zero-order valence-corrected chi connectivity index (χ0v) is 23.0. The van der Waals surface area contributed by atoms with Crippen LogP contribution in [0.15, 0.2) is 24.3 Å². The van der Waals surface area contributed by atoms with E-state index in [4.69, 9.17) is 24.0 Å². The van der Waals surface area contributed by atoms with Crippen LogP contribution < -0.4 is 10.1 Å². The molecule has 1 aliphatic carbocycles. The van der Waals surface area contributed by atoms with Crippen LogP contribution in [-0.4, -0.2) is 36.3 Å². The maximum Gasteiger partial charge on any atom is 0.224 e. The van der Waals surface area contributed by atoms with Gasteiger partial charge in [0.1, 0.15) is 5.75 Å². The molecule has 7 heteroatoms. The second-order valence-corrected chi connectivity index (χ2v) is 12.0. The van der Waals surface area contributed by atoms with Crippen LogP contribution in [0.25, 0.3) is 0 Å². The summed E-state index contributed by atoms with van der Waals surface area (Å²) in [5.74, 6) is 1.50. The minimum atomic E-state index is -0.772. The van der Waals surface area contributed by atoms with Crippen molar-refractivity contribution in [1.82, 2.24) is 0 Å². The summed E-state index contributed by atoms with van der Waals surface area (Å²) >= 11 is 0. The zero-order valence-electron chi connectivity index (χ0n) is 23.0. The molecule has 5 fully saturated rings. The van der Waals surface area contributed by atoms with Crippen LogP contribution in [0, 0.1) is 23.7 Å². The van der Waals surface area contributed by atoms with Crippen LogP contribution in [-0.2, 0) is 24.0 Å². The van der Waals surface area contributed by atoms with Crippen LogP contribution in [0.3, 0.4) is 0 Å². The molecule has 1 spiro atoms. The molecule has 1 aromatic rings. The third kappa shape index (κ3) is 5.42. The number of carbonyl (C=O) groups excluding carboxylic acids is 1. The molecule has 2 bridgehead atoms. The van der Waals surface area contributed by atoms with Crippen molar-refractivity contribution >= 4 is 11.6 Å². The Morgan fingerprint density at radius 3 is 2.65 bits per heavy atom. The Morgan fingerprint density at radius 1 is 1.05 bits per heavy atom. The summed E-state index contributed by atoms with van der Waals surface area (Å²) < 4.78 is 18.9. The average molecular weight is 516 g/mol. The highest BCUT2D eigenvalue weighted by molar-refractivity contribution is 5.90. The quantitative estimate of drug-likeness (QED) is 0.279. The molecule has 1 aromatic carbocycles. The molecular formula is C30H45NO6. The molecule has 0 radical (unpaired) electrons. The van der Waals surface area contributed by atoms with Gasteiger partial charge in [-0.15, -0.1) is 0 Å². The van der Waals surface area contributed by atoms with Crippen LogP contribution in [0.2, 0.25) is 0 Å². The number of amides is 1. The zero-order chi connectivity index (χ0) is 26.0. The minimum absolute atomic E-state index is 0.00526. The number of hydrogen-bond donors (Lipinski definition) is 1. The highest BCUT2D eigenvalue weighted by atomic mass is 17.3. The fraction of sp³-hybridized carbons (Fsp3) is 0.767. The van der Waals surface area contributed by atoms with E-state index in [1.807, 2.05) is 31.2 Å². The molecule has 1 N–H and O–H groups in total. The summed E-state index contributed by atoms with van der Waals surface area (Å²) in [5.41, 5.74) is 0.234. The van der Waals surface area contributed by atoms with Gasteiger partial charge in [-0.2, -0.15) is 0 Å². The van der Waals surface area contributed by atoms with Crippen molar-refractivity contribution in [2.45, 2.75) is 116 Å². The first-order chi connectivity index (χ1) is 17.8. The number of anilines is 1. The Labute approximate surface area is 221 Å². The summed E-state index contributed by atoms with van der Waals surface area (Å²) in [5, 5.41) is 3.03. The summed E-state index contributed by atoms with van der Waals surface area (Å²) in [7, 11) is 0. The standard InChI is InChI=1S/C30H45NO6/c1-5-6-7-8-19-33-23-12-10-22(11-13-23)31-27(32)16-15-26-21(3)25-14-9-20(2)24-17-18-29(4)35-28(34-26)30(24,25)37-36-29/h10-13,20-21,24-26,28H,5-9,14-19H2,1-4H3,(H,31,32)/t20-,21-,24+,25+,26-,28-,29+,30-/m1/s1. The lowest BCUT2D eigenvalue weighted by atomic mass is 9.57. The lowest BCUT2D eigenvalue weighted by molar-refractivity contribution is -0.571. The van der Waals surface area contributed by atoms with Gasteiger partial charge in [-0.25, -0.2) is 9.78 Å². The lowest BCUT2D eigenvalue weighted by Crippen LogP contribution is -2.70. The molecule has 7 nitrogen and oxygen atoms in total. The van der Waals surface area contributed by atoms with Crippen molar-refractivity contribution in [3.63, 3.8) is 0 Å². The second kappa shape index (κ2) is 11.2. The maximum atomic E-state index is 12.8. The average Bonchev–Trinajstić information content (AvgIpc) is 3.12. The number of rotatable bonds is 10. The van der Waals surface area contributed by atoms with Crippen molar-refractivity contribution in [2.24, 2.45) is 23.7 Å². The van der Waals surface area contributed by atoms with E-state index in [0.29, 0.717) is 24.7 Å². The fourth-order valence-electron chi connectivity index (χ4n) is 7.16. The number of hydrogen-bond acceptors (Lipinski definition) is 6. The van der Waals surface area contributed by atoms with Crippen LogP contribution in [0.5, 0.6) is 5.75 Å². The molecule has 1 amide bonds. The summed E-state index contributed by atoms with van der Waals surface area (Å²) in [6.07, 6.45) is 9.34. The minimum Gasteiger partial charge on any atom is -0.494 e. The molecule has 0 aromatic heterocycles. The number of benzene rings is 1. The maximum absolute atomic E-state index is 12.8. The Bertz CT molecular complexity index is 923. The predicted molar refractivity (Wildman–Crippen MR) is 141 cm³/mol. The van der Waals surface area contributed by atoms with Crippen LogP contribution in [0.1, 0.15) is 91.9 Å². The van der Waals surface area contributed by atoms with E-state index < -0.39 is 17.7 Å². The molecule has 4 heterocycles. The van der Waals surface area contributed by atoms with Gasteiger partial charge < -0.3 is 19.5 Å². The van der Waals surface area contributed by atoms with Crippen LogP contribution in [0.4, 0.5) is 5.69 Å². The molecule has 206 valence electrons. The smallest absolute Gasteiger partial charge is 0.224 e. The van der Waals surface area contributed by atoms with Gasteiger partial charge in [-0.05, 0) is 81.0 Å². The van der Waals surface area contributed by atoms with Crippen LogP contribution >= 0.6 is 0 Å². The SMILES string of the molecule is CCCCCCOc1ccc(NC(=O)CC[C@H]2O[C@@H]3O[C@]4(C)CC[C@H]5[C@H](C)CC[C@@H]([C@H]2C)[C@@]35OO4)cc1. The van der Waals surface area contributed by atoms with Gasteiger partial charge in [0.05, 0.1) is 12.7 Å². The molecule has 4 aliphatic heterocycles. The van der Waals surface area contributed by atoms with Crippen molar-refractivity contribution in [3.8, 4) is 5.75 Å². The van der Waals surface area contributed by atoms with E-state index in [1.165, 1.54) is 25.7 Å². The van der Waals surface area contributed by atoms with Gasteiger partial charge in [-0.3, -0.25) is 4.79 Å². The first kappa shape index (κ1) is 26.9. The Morgan fingerprint density at radius 2 is 1.86 bits per heavy atom. The number of unbranched alkanes of at least 4 members (excludes halogenated alkanes) is 3. The van der Waals surface area contributed by atoms with Gasteiger partial charge in [0.25, 0.3) is 0 Å². The predicted octanol–water partition coefficient (Wildman–Crippen LogP) is 6.61. The first-order valence-corrected chi connectivity index (χ1v) is 14.6. The summed E-state index contributed by atoms with van der Waals surface area (Å²) in [6.45, 7) is 9.45. The molecule has 0 unspecified atom stereocenters. The molecule has 5 aliphatic rings. The van der Waals surface area contributed by atoms with Gasteiger partial charge >= 0.3 is 0 Å². The Kier molecular flexibility index (Phi) is 8.15. The highest BCUT2D eigenvalue weighted by Crippen LogP contribution is 2.60. The van der Waals surface area contributed by atoms with Crippen molar-refractivity contribution in [2.75, 3.05) is 11.9 Å². The fourth-order valence-corrected chi connectivity index (χ4v) is 7.16. The third-order valence-electron chi connectivity index (χ3n) is 9.36. The van der Waals surface area contributed by atoms with Gasteiger partial charge in [0, 0.05) is 24.4 Å². The van der Waals surface area contributed by atoms with Crippen molar-refractivity contribution in [1.29, 1.82) is 0 Å². The third-order valence-corrected chi connectivity index (χ3v) is 9.36. The molecule has 1 saturated carbocycles. The van der Waals surface area contributed by atoms with E-state index in [9.17, 15) is 4.79 Å². The lowest BCUT2D eigenvalue weighted by Gasteiger charge is -2.60. The monoisotopic (exact) mass is 515 g/mol. The van der Waals surface area contributed by atoms with E-state index in [0.717, 1.165) is 43.7 Å². The van der Waals surface area contributed by atoms with Gasteiger partial charge in [0.2, 0.25) is 11.7 Å². The topological polar surface area (TPSA) is 75.3 Å². The first-order valence-electron chi connectivity index (χ1n) is 14.6. The molecule has 8 atom stereocenters. The van der Waals surface area contributed by atoms with E-state index in [1.54, 1.807) is 0 Å². The van der Waals surface area contributed by atoms with Gasteiger partial charge in [0.15, 0.2) is 11.9 Å². The van der Waals surface area contributed by atoms with E-state index in [2.05, 4.69) is 26.1 Å². The molecule has 6 rings (SSSR count). The van der Waals surface area contributed by atoms with E-state index in [-0.39, 0.29) is 23.8 Å². The summed E-state index contributed by atoms with van der Waals surface area (Å²) in [6, 6.07) is 7.64. The summed E-state index contributed by atoms with van der Waals surface area (Å²) in [4.78, 5) is 24.9. The molecular weight excluding hydrogens is 470 g/mol. The highest BCUT2D eigenvalue weighted by Gasteiger charge is 2.69. The number of fused-ring (bicyclic) bond motifs is 2. The Balaban J connectivity index is 1.16. The largest absolute Gasteiger partial charge is 0.494 e. The second-order valence-electron chi connectivity index (χ2n) is 12.0. The number of ether oxygens (including phenoxy) is 3. The molecule has 4 saturated heterocycles. The number of nitrogens with one attached hydrogen (secondary N) is 1. The van der Waals surface area contributed by atoms with Crippen molar-refractivity contribution < 1.29 is 28.8 Å². The van der Waals surface area contributed by atoms with E-state index >= 15 is 0 Å². The molecule has 37 heavy (non-hydrogen) atoms.